The van der Waals surface area contributed by atoms with Crippen LogP contribution in [0.3, 0.4) is 0 Å². The normalized spacial score (nSPS) is 12.5. The highest BCUT2D eigenvalue weighted by atomic mass is 32.2. The van der Waals surface area contributed by atoms with Crippen LogP contribution in [0.25, 0.3) is 0 Å². The fourth-order valence-corrected chi connectivity index (χ4v) is 3.90. The molecule has 4 nitrogen and oxygen atoms in total. The Morgan fingerprint density at radius 2 is 1.85 bits per heavy atom. The van der Waals surface area contributed by atoms with Crippen molar-refractivity contribution in [3.63, 3.8) is 0 Å². The number of carbonyl (C=O) groups excluding carboxylic acids is 2. The molecule has 5 heteroatoms. The van der Waals surface area contributed by atoms with Crippen molar-refractivity contribution in [2.24, 2.45) is 0 Å². The van der Waals surface area contributed by atoms with E-state index in [-0.39, 0.29) is 11.9 Å². The fourth-order valence-electron chi connectivity index (χ4n) is 3.11. The number of benzene rings is 2. The smallest absolute Gasteiger partial charge is 0.337 e. The number of carbonyl (C=O) groups is 2. The molecule has 1 N–H and O–H groups in total. The lowest BCUT2D eigenvalue weighted by molar-refractivity contribution is -0.118. The average molecular weight is 369 g/mol. The molecule has 2 aromatic rings. The van der Waals surface area contributed by atoms with Gasteiger partial charge in [-0.1, -0.05) is 18.2 Å². The number of hydrogen-bond donors (Lipinski definition) is 1. The molecule has 26 heavy (non-hydrogen) atoms. The number of nitrogens with one attached hydrogen (secondary N) is 1. The Morgan fingerprint density at radius 3 is 2.62 bits per heavy atom. The zero-order chi connectivity index (χ0) is 18.4. The van der Waals surface area contributed by atoms with Crippen molar-refractivity contribution in [1.82, 2.24) is 5.32 Å². The second-order valence-electron chi connectivity index (χ2n) is 6.36. The molecule has 0 fully saturated rings. The summed E-state index contributed by atoms with van der Waals surface area (Å²) in [5.41, 5.74) is 4.50. The Hall–Kier alpha value is -2.27. The van der Waals surface area contributed by atoms with Crippen molar-refractivity contribution in [3.8, 4) is 0 Å². The number of esters is 1. The zero-order valence-electron chi connectivity index (χ0n) is 14.9. The molecule has 3 rings (SSSR count). The van der Waals surface area contributed by atoms with Crippen molar-refractivity contribution in [1.29, 1.82) is 0 Å². The minimum atomic E-state index is -0.339. The Kier molecular flexibility index (Phi) is 6.34. The van der Waals surface area contributed by atoms with Crippen LogP contribution in [0.5, 0.6) is 0 Å². The Morgan fingerprint density at radius 1 is 1.08 bits per heavy atom. The molecule has 0 unspecified atom stereocenters. The molecule has 0 aliphatic heterocycles. The van der Waals surface area contributed by atoms with Gasteiger partial charge >= 0.3 is 5.97 Å². The summed E-state index contributed by atoms with van der Waals surface area (Å²) in [6.45, 7) is 0.584. The number of thioether (sulfide) groups is 1. The summed E-state index contributed by atoms with van der Waals surface area (Å²) in [5, 5.41) is 2.95. The summed E-state index contributed by atoms with van der Waals surface area (Å²) in [7, 11) is 1.37. The molecular weight excluding hydrogens is 346 g/mol. The minimum Gasteiger partial charge on any atom is -0.465 e. The van der Waals surface area contributed by atoms with Gasteiger partial charge in [-0.15, -0.1) is 11.8 Å². The van der Waals surface area contributed by atoms with Crippen LogP contribution in [0, 0.1) is 0 Å². The monoisotopic (exact) mass is 369 g/mol. The molecule has 0 spiro atoms. The molecule has 1 aliphatic rings. The van der Waals surface area contributed by atoms with Gasteiger partial charge in [0.05, 0.1) is 18.4 Å². The number of ether oxygens (including phenoxy) is 1. The number of methoxy groups -OCH3 is 1. The lowest BCUT2D eigenvalue weighted by Gasteiger charge is -2.07. The average Bonchev–Trinajstić information content (AvgIpc) is 3.14. The molecule has 0 saturated heterocycles. The van der Waals surface area contributed by atoms with Gasteiger partial charge in [-0.25, -0.2) is 4.79 Å². The highest BCUT2D eigenvalue weighted by molar-refractivity contribution is 8.00. The number of fused-ring (bicyclic) bond motifs is 1. The standard InChI is InChI=1S/C21H23NO3S/c1-25-21(24)17-7-5-15(6-8-17)11-12-22-20(23)14-26-19-10-9-16-3-2-4-18(16)13-19/h5-10,13H,2-4,11-12,14H2,1H3,(H,22,23). The molecule has 1 amide bonds. The SMILES string of the molecule is COC(=O)c1ccc(CCNC(=O)CSc2ccc3c(c2)CCC3)cc1. The molecular formula is C21H23NO3S. The highest BCUT2D eigenvalue weighted by Gasteiger charge is 2.11. The van der Waals surface area contributed by atoms with Crippen molar-refractivity contribution < 1.29 is 14.3 Å². The van der Waals surface area contributed by atoms with E-state index in [4.69, 9.17) is 0 Å². The number of aryl methyl sites for hydroxylation is 2. The van der Waals surface area contributed by atoms with Crippen LogP contribution < -0.4 is 5.32 Å². The largest absolute Gasteiger partial charge is 0.465 e. The van der Waals surface area contributed by atoms with Gasteiger partial charge in [0.1, 0.15) is 0 Å². The first-order chi connectivity index (χ1) is 12.7. The van der Waals surface area contributed by atoms with E-state index in [0.29, 0.717) is 17.9 Å². The number of amides is 1. The first-order valence-corrected chi connectivity index (χ1v) is 9.83. The van der Waals surface area contributed by atoms with E-state index < -0.39 is 0 Å². The third-order valence-corrected chi connectivity index (χ3v) is 5.54. The quantitative estimate of drug-likeness (QED) is 0.600. The maximum atomic E-state index is 12.0. The molecule has 0 saturated carbocycles. The van der Waals surface area contributed by atoms with Gasteiger partial charge in [-0.3, -0.25) is 4.79 Å². The Bertz CT molecular complexity index is 786. The van der Waals surface area contributed by atoms with Crippen molar-refractivity contribution in [3.05, 3.63) is 64.7 Å². The number of hydrogen-bond acceptors (Lipinski definition) is 4. The maximum Gasteiger partial charge on any atom is 0.337 e. The van der Waals surface area contributed by atoms with E-state index in [2.05, 4.69) is 28.3 Å². The molecule has 0 radical (unpaired) electrons. The van der Waals surface area contributed by atoms with Crippen molar-refractivity contribution in [2.45, 2.75) is 30.6 Å². The second kappa shape index (κ2) is 8.90. The predicted octanol–water partition coefficient (Wildman–Crippen LogP) is 3.41. The molecule has 0 bridgehead atoms. The number of rotatable bonds is 7. The molecule has 2 aromatic carbocycles. The molecule has 0 heterocycles. The van der Waals surface area contributed by atoms with E-state index in [0.717, 1.165) is 18.4 Å². The predicted molar refractivity (Wildman–Crippen MR) is 104 cm³/mol. The molecule has 0 atom stereocenters. The van der Waals surface area contributed by atoms with E-state index in [9.17, 15) is 9.59 Å². The van der Waals surface area contributed by atoms with Crippen LogP contribution in [-0.2, 0) is 28.8 Å². The van der Waals surface area contributed by atoms with Crippen LogP contribution in [0.1, 0.15) is 33.5 Å². The van der Waals surface area contributed by atoms with E-state index >= 15 is 0 Å². The maximum absolute atomic E-state index is 12.0. The van der Waals surface area contributed by atoms with Crippen molar-refractivity contribution in [2.75, 3.05) is 19.4 Å². The van der Waals surface area contributed by atoms with E-state index in [1.165, 1.54) is 36.0 Å². The second-order valence-corrected chi connectivity index (χ2v) is 7.41. The summed E-state index contributed by atoms with van der Waals surface area (Å²) in [6.07, 6.45) is 4.31. The van der Waals surface area contributed by atoms with Gasteiger partial charge < -0.3 is 10.1 Å². The minimum absolute atomic E-state index is 0.0432. The van der Waals surface area contributed by atoms with Gasteiger partial charge in [-0.05, 0) is 66.6 Å². The van der Waals surface area contributed by atoms with E-state index in [1.54, 1.807) is 23.9 Å². The summed E-state index contributed by atoms with van der Waals surface area (Å²) >= 11 is 1.59. The van der Waals surface area contributed by atoms with Gasteiger partial charge in [0.2, 0.25) is 5.91 Å². The van der Waals surface area contributed by atoms with Gasteiger partial charge in [0.15, 0.2) is 0 Å². The molecule has 136 valence electrons. The van der Waals surface area contributed by atoms with Gasteiger partial charge in [0, 0.05) is 11.4 Å². The topological polar surface area (TPSA) is 55.4 Å². The lowest BCUT2D eigenvalue weighted by Crippen LogP contribution is -2.27. The Balaban J connectivity index is 1.39. The van der Waals surface area contributed by atoms with Gasteiger partial charge in [0.25, 0.3) is 0 Å². The van der Waals surface area contributed by atoms with Crippen LogP contribution in [0.4, 0.5) is 0 Å². The molecule has 0 aromatic heterocycles. The first-order valence-electron chi connectivity index (χ1n) is 8.84. The van der Waals surface area contributed by atoms with Crippen LogP contribution >= 0.6 is 11.8 Å². The first kappa shape index (κ1) is 18.5. The van der Waals surface area contributed by atoms with Gasteiger partial charge in [-0.2, -0.15) is 0 Å². The Labute approximate surface area is 158 Å². The van der Waals surface area contributed by atoms with Crippen LogP contribution in [0.2, 0.25) is 0 Å². The van der Waals surface area contributed by atoms with E-state index in [1.807, 2.05) is 12.1 Å². The summed E-state index contributed by atoms with van der Waals surface area (Å²) < 4.78 is 4.68. The van der Waals surface area contributed by atoms with Crippen LogP contribution in [-0.4, -0.2) is 31.3 Å². The summed E-state index contributed by atoms with van der Waals surface area (Å²) in [4.78, 5) is 24.6. The highest BCUT2D eigenvalue weighted by Crippen LogP contribution is 2.27. The van der Waals surface area contributed by atoms with Crippen molar-refractivity contribution >= 4 is 23.6 Å². The summed E-state index contributed by atoms with van der Waals surface area (Å²) in [5.74, 6) is 0.134. The zero-order valence-corrected chi connectivity index (χ0v) is 15.7. The van der Waals surface area contributed by atoms with Crippen LogP contribution in [0.15, 0.2) is 47.4 Å². The third-order valence-electron chi connectivity index (χ3n) is 4.55. The lowest BCUT2D eigenvalue weighted by atomic mass is 10.1. The summed E-state index contributed by atoms with van der Waals surface area (Å²) in [6, 6.07) is 13.8. The fraction of sp³-hybridized carbons (Fsp3) is 0.333. The molecule has 1 aliphatic carbocycles. The third kappa shape index (κ3) is 4.88.